The Balaban J connectivity index is 2.47. The summed E-state index contributed by atoms with van der Waals surface area (Å²) in [5.41, 5.74) is 2.20. The summed E-state index contributed by atoms with van der Waals surface area (Å²) in [6.45, 7) is 4.02. The molecular formula is C14H20BrNO. The van der Waals surface area contributed by atoms with E-state index in [2.05, 4.69) is 40.3 Å². The minimum atomic E-state index is -0.160. The number of nitrogens with one attached hydrogen (secondary N) is 1. The van der Waals surface area contributed by atoms with E-state index >= 15 is 0 Å². The van der Waals surface area contributed by atoms with Gasteiger partial charge in [0.15, 0.2) is 0 Å². The molecule has 1 aromatic carbocycles. The first-order valence-electron chi connectivity index (χ1n) is 6.17. The van der Waals surface area contributed by atoms with E-state index in [9.17, 15) is 4.79 Å². The summed E-state index contributed by atoms with van der Waals surface area (Å²) in [6.07, 6.45) is 4.88. The second-order valence-corrected chi connectivity index (χ2v) is 5.63. The number of hydrogen-bond donors (Lipinski definition) is 1. The van der Waals surface area contributed by atoms with Gasteiger partial charge < -0.3 is 5.32 Å². The van der Waals surface area contributed by atoms with Gasteiger partial charge in [-0.25, -0.2) is 0 Å². The lowest BCUT2D eigenvalue weighted by Crippen LogP contribution is -2.19. The molecule has 0 spiro atoms. The molecule has 0 aliphatic rings. The normalized spacial score (nSPS) is 12.2. The van der Waals surface area contributed by atoms with Crippen LogP contribution in [0.1, 0.15) is 38.7 Å². The number of alkyl halides is 1. The molecular weight excluding hydrogens is 278 g/mol. The van der Waals surface area contributed by atoms with E-state index in [0.717, 1.165) is 12.1 Å². The highest BCUT2D eigenvalue weighted by Crippen LogP contribution is 2.13. The number of amides is 1. The fourth-order valence-corrected chi connectivity index (χ4v) is 1.69. The van der Waals surface area contributed by atoms with Crippen molar-refractivity contribution in [1.82, 2.24) is 0 Å². The molecule has 1 amide bonds. The number of rotatable bonds is 6. The van der Waals surface area contributed by atoms with Crippen LogP contribution >= 0.6 is 15.9 Å². The molecule has 3 heteroatoms. The molecule has 0 aliphatic heterocycles. The van der Waals surface area contributed by atoms with E-state index in [-0.39, 0.29) is 10.7 Å². The van der Waals surface area contributed by atoms with Crippen LogP contribution in [0.3, 0.4) is 0 Å². The highest BCUT2D eigenvalue weighted by molar-refractivity contribution is 9.10. The zero-order valence-corrected chi connectivity index (χ0v) is 12.1. The number of anilines is 1. The lowest BCUT2D eigenvalue weighted by atomic mass is 10.1. The van der Waals surface area contributed by atoms with Crippen molar-refractivity contribution in [3.8, 4) is 0 Å². The average molecular weight is 298 g/mol. The van der Waals surface area contributed by atoms with E-state index in [1.165, 1.54) is 24.8 Å². The van der Waals surface area contributed by atoms with Gasteiger partial charge in [0.05, 0.1) is 4.83 Å². The summed E-state index contributed by atoms with van der Waals surface area (Å²) in [6, 6.07) is 8.11. The molecule has 0 radical (unpaired) electrons. The van der Waals surface area contributed by atoms with Crippen LogP contribution in [0.4, 0.5) is 5.69 Å². The molecule has 1 atom stereocenters. The van der Waals surface area contributed by atoms with Crippen molar-refractivity contribution in [2.24, 2.45) is 0 Å². The van der Waals surface area contributed by atoms with Gasteiger partial charge in [-0.3, -0.25) is 4.79 Å². The van der Waals surface area contributed by atoms with Crippen molar-refractivity contribution in [3.05, 3.63) is 29.8 Å². The third kappa shape index (κ3) is 5.35. The van der Waals surface area contributed by atoms with Gasteiger partial charge in [0.1, 0.15) is 0 Å². The number of aryl methyl sites for hydroxylation is 1. The molecule has 1 N–H and O–H groups in total. The molecule has 94 valence electrons. The van der Waals surface area contributed by atoms with Gasteiger partial charge in [-0.1, -0.05) is 47.8 Å². The highest BCUT2D eigenvalue weighted by atomic mass is 79.9. The van der Waals surface area contributed by atoms with E-state index in [0.29, 0.717) is 0 Å². The van der Waals surface area contributed by atoms with Crippen LogP contribution in [0.25, 0.3) is 0 Å². The van der Waals surface area contributed by atoms with Gasteiger partial charge in [-0.2, -0.15) is 0 Å². The zero-order chi connectivity index (χ0) is 12.7. The van der Waals surface area contributed by atoms with Crippen molar-refractivity contribution < 1.29 is 4.79 Å². The summed E-state index contributed by atoms with van der Waals surface area (Å²) >= 11 is 3.24. The number of halogens is 1. The topological polar surface area (TPSA) is 29.1 Å². The van der Waals surface area contributed by atoms with E-state index in [4.69, 9.17) is 0 Å². The molecule has 0 aliphatic carbocycles. The molecule has 1 unspecified atom stereocenters. The quantitative estimate of drug-likeness (QED) is 0.620. The lowest BCUT2D eigenvalue weighted by molar-refractivity contribution is -0.115. The van der Waals surface area contributed by atoms with Crippen LogP contribution in [0.2, 0.25) is 0 Å². The minimum absolute atomic E-state index is 0.0104. The van der Waals surface area contributed by atoms with Crippen molar-refractivity contribution in [1.29, 1.82) is 0 Å². The first-order valence-corrected chi connectivity index (χ1v) is 7.09. The summed E-state index contributed by atoms with van der Waals surface area (Å²) in [4.78, 5) is 11.3. The highest BCUT2D eigenvalue weighted by Gasteiger charge is 2.08. The second kappa shape index (κ2) is 7.49. The Morgan fingerprint density at radius 3 is 2.47 bits per heavy atom. The minimum Gasteiger partial charge on any atom is -0.325 e. The van der Waals surface area contributed by atoms with Gasteiger partial charge in [-0.15, -0.1) is 0 Å². The van der Waals surface area contributed by atoms with Crippen LogP contribution in [-0.4, -0.2) is 10.7 Å². The van der Waals surface area contributed by atoms with Crippen LogP contribution in [-0.2, 0) is 11.2 Å². The van der Waals surface area contributed by atoms with Crippen LogP contribution < -0.4 is 5.32 Å². The zero-order valence-electron chi connectivity index (χ0n) is 10.5. The maximum atomic E-state index is 11.5. The van der Waals surface area contributed by atoms with Gasteiger partial charge >= 0.3 is 0 Å². The summed E-state index contributed by atoms with van der Waals surface area (Å²) < 4.78 is 0. The largest absolute Gasteiger partial charge is 0.325 e. The van der Waals surface area contributed by atoms with E-state index in [1.807, 2.05) is 19.1 Å². The summed E-state index contributed by atoms with van der Waals surface area (Å²) in [5, 5.41) is 2.85. The summed E-state index contributed by atoms with van der Waals surface area (Å²) in [5.74, 6) is -0.0104. The summed E-state index contributed by atoms with van der Waals surface area (Å²) in [7, 11) is 0. The Kier molecular flexibility index (Phi) is 6.27. The standard InChI is InChI=1S/C14H20BrNO/c1-3-4-5-6-12-7-9-13(10-8-12)16-14(17)11(2)15/h7-11H,3-6H2,1-2H3,(H,16,17). The Bertz CT molecular complexity index is 346. The lowest BCUT2D eigenvalue weighted by Gasteiger charge is -2.07. The van der Waals surface area contributed by atoms with Gasteiger partial charge in [0.25, 0.3) is 0 Å². The predicted octanol–water partition coefficient (Wildman–Crippen LogP) is 4.14. The maximum Gasteiger partial charge on any atom is 0.237 e. The van der Waals surface area contributed by atoms with Crippen LogP contribution in [0.5, 0.6) is 0 Å². The number of unbranched alkanes of at least 4 members (excludes halogenated alkanes) is 2. The average Bonchev–Trinajstić information content (AvgIpc) is 2.31. The molecule has 0 aromatic heterocycles. The Morgan fingerprint density at radius 1 is 1.29 bits per heavy atom. The van der Waals surface area contributed by atoms with Gasteiger partial charge in [0, 0.05) is 5.69 Å². The number of benzene rings is 1. The van der Waals surface area contributed by atoms with Crippen LogP contribution in [0, 0.1) is 0 Å². The van der Waals surface area contributed by atoms with Crippen molar-refractivity contribution in [3.63, 3.8) is 0 Å². The number of carbonyl (C=O) groups excluding carboxylic acids is 1. The molecule has 1 aromatic rings. The van der Waals surface area contributed by atoms with Crippen molar-refractivity contribution >= 4 is 27.5 Å². The van der Waals surface area contributed by atoms with E-state index in [1.54, 1.807) is 0 Å². The van der Waals surface area contributed by atoms with Gasteiger partial charge in [0.2, 0.25) is 5.91 Å². The molecule has 0 fully saturated rings. The van der Waals surface area contributed by atoms with Crippen LogP contribution in [0.15, 0.2) is 24.3 Å². The third-order valence-electron chi connectivity index (χ3n) is 2.65. The molecule has 17 heavy (non-hydrogen) atoms. The molecule has 0 saturated heterocycles. The first kappa shape index (κ1) is 14.2. The Labute approximate surface area is 112 Å². The monoisotopic (exact) mass is 297 g/mol. The molecule has 0 heterocycles. The maximum absolute atomic E-state index is 11.5. The third-order valence-corrected chi connectivity index (χ3v) is 3.07. The molecule has 2 nitrogen and oxygen atoms in total. The predicted molar refractivity (Wildman–Crippen MR) is 76.7 cm³/mol. The fraction of sp³-hybridized carbons (Fsp3) is 0.500. The number of hydrogen-bond acceptors (Lipinski definition) is 1. The van der Waals surface area contributed by atoms with Gasteiger partial charge in [-0.05, 0) is 37.5 Å². The smallest absolute Gasteiger partial charge is 0.237 e. The number of carbonyl (C=O) groups is 1. The molecule has 0 saturated carbocycles. The molecule has 1 rings (SSSR count). The Hall–Kier alpha value is -0.830. The SMILES string of the molecule is CCCCCc1ccc(NC(=O)C(C)Br)cc1. The fourth-order valence-electron chi connectivity index (χ4n) is 1.58. The van der Waals surface area contributed by atoms with Crippen molar-refractivity contribution in [2.75, 3.05) is 5.32 Å². The van der Waals surface area contributed by atoms with E-state index < -0.39 is 0 Å². The molecule has 0 bridgehead atoms. The first-order chi connectivity index (χ1) is 8.13. The van der Waals surface area contributed by atoms with Crippen molar-refractivity contribution in [2.45, 2.75) is 44.4 Å². The Morgan fingerprint density at radius 2 is 1.94 bits per heavy atom. The second-order valence-electron chi connectivity index (χ2n) is 4.26.